The number of ether oxygens (including phenoxy) is 1. The van der Waals surface area contributed by atoms with E-state index in [9.17, 15) is 4.79 Å². The minimum atomic E-state index is 0.0153. The SMILES string of the molecule is CC(C)C(CCO)NC(=O)CCCOc1ccc(Br)cc1. The summed E-state index contributed by atoms with van der Waals surface area (Å²) in [5.41, 5.74) is 0. The lowest BCUT2D eigenvalue weighted by Gasteiger charge is -2.21. The molecule has 0 saturated carbocycles. The summed E-state index contributed by atoms with van der Waals surface area (Å²) < 4.78 is 6.58. The first-order valence-electron chi connectivity index (χ1n) is 7.31. The predicted molar refractivity (Wildman–Crippen MR) is 87.3 cm³/mol. The molecule has 0 aliphatic heterocycles. The van der Waals surface area contributed by atoms with Gasteiger partial charge in [-0.05, 0) is 43.0 Å². The van der Waals surface area contributed by atoms with Crippen LogP contribution in [-0.4, -0.2) is 30.3 Å². The Kier molecular flexibility index (Phi) is 8.38. The predicted octanol–water partition coefficient (Wildman–Crippen LogP) is 3.13. The number of carbonyl (C=O) groups excluding carboxylic acids is 1. The van der Waals surface area contributed by atoms with E-state index in [1.54, 1.807) is 0 Å². The van der Waals surface area contributed by atoms with E-state index in [1.807, 2.05) is 38.1 Å². The van der Waals surface area contributed by atoms with Crippen LogP contribution in [0, 0.1) is 5.92 Å². The summed E-state index contributed by atoms with van der Waals surface area (Å²) in [7, 11) is 0. The molecule has 0 heterocycles. The third-order valence-corrected chi connectivity index (χ3v) is 3.75. The van der Waals surface area contributed by atoms with Crippen molar-refractivity contribution in [2.45, 2.75) is 39.2 Å². The third kappa shape index (κ3) is 7.48. The number of benzene rings is 1. The van der Waals surface area contributed by atoms with Crippen LogP contribution >= 0.6 is 15.9 Å². The number of aliphatic hydroxyl groups is 1. The van der Waals surface area contributed by atoms with Gasteiger partial charge in [0.25, 0.3) is 0 Å². The number of nitrogens with one attached hydrogen (secondary N) is 1. The molecular weight excluding hydrogens is 334 g/mol. The number of hydrogen-bond donors (Lipinski definition) is 2. The lowest BCUT2D eigenvalue weighted by molar-refractivity contribution is -0.122. The summed E-state index contributed by atoms with van der Waals surface area (Å²) in [5, 5.41) is 11.9. The van der Waals surface area contributed by atoms with Gasteiger partial charge in [0.1, 0.15) is 5.75 Å². The van der Waals surface area contributed by atoms with Crippen LogP contribution in [0.1, 0.15) is 33.1 Å². The Bertz CT molecular complexity index is 420. The van der Waals surface area contributed by atoms with Crippen LogP contribution in [0.4, 0.5) is 0 Å². The van der Waals surface area contributed by atoms with Gasteiger partial charge in [-0.3, -0.25) is 4.79 Å². The van der Waals surface area contributed by atoms with E-state index in [-0.39, 0.29) is 18.6 Å². The highest BCUT2D eigenvalue weighted by atomic mass is 79.9. The van der Waals surface area contributed by atoms with Crippen molar-refractivity contribution in [2.24, 2.45) is 5.92 Å². The van der Waals surface area contributed by atoms with Crippen LogP contribution < -0.4 is 10.1 Å². The number of amides is 1. The van der Waals surface area contributed by atoms with Crippen LogP contribution in [0.2, 0.25) is 0 Å². The second kappa shape index (κ2) is 9.79. The fourth-order valence-corrected chi connectivity index (χ4v) is 2.21. The Morgan fingerprint density at radius 1 is 1.33 bits per heavy atom. The van der Waals surface area contributed by atoms with Crippen LogP contribution in [0.5, 0.6) is 5.75 Å². The zero-order valence-electron chi connectivity index (χ0n) is 12.6. The van der Waals surface area contributed by atoms with E-state index in [0.717, 1.165) is 10.2 Å². The molecule has 1 aromatic rings. The molecule has 5 heteroatoms. The summed E-state index contributed by atoms with van der Waals surface area (Å²) in [6, 6.07) is 7.66. The summed E-state index contributed by atoms with van der Waals surface area (Å²) in [6.07, 6.45) is 1.70. The van der Waals surface area contributed by atoms with Crippen molar-refractivity contribution in [3.8, 4) is 5.75 Å². The number of halogens is 1. The highest BCUT2D eigenvalue weighted by molar-refractivity contribution is 9.10. The molecule has 118 valence electrons. The molecule has 0 bridgehead atoms. The molecule has 0 aromatic heterocycles. The zero-order valence-corrected chi connectivity index (χ0v) is 14.2. The molecule has 2 N–H and O–H groups in total. The molecule has 0 spiro atoms. The average Bonchev–Trinajstić information content (AvgIpc) is 2.45. The summed E-state index contributed by atoms with van der Waals surface area (Å²) in [4.78, 5) is 11.8. The number of rotatable bonds is 9. The molecule has 0 fully saturated rings. The van der Waals surface area contributed by atoms with Crippen molar-refractivity contribution in [2.75, 3.05) is 13.2 Å². The maximum Gasteiger partial charge on any atom is 0.220 e. The second-order valence-corrected chi connectivity index (χ2v) is 6.25. The first-order chi connectivity index (χ1) is 10.0. The van der Waals surface area contributed by atoms with Gasteiger partial charge in [-0.15, -0.1) is 0 Å². The lowest BCUT2D eigenvalue weighted by atomic mass is 10.0. The van der Waals surface area contributed by atoms with Gasteiger partial charge >= 0.3 is 0 Å². The van der Waals surface area contributed by atoms with Crippen molar-refractivity contribution in [3.63, 3.8) is 0 Å². The molecule has 1 rings (SSSR count). The minimum absolute atomic E-state index is 0.0153. The van der Waals surface area contributed by atoms with Crippen LogP contribution in [0.3, 0.4) is 0 Å². The molecule has 4 nitrogen and oxygen atoms in total. The van der Waals surface area contributed by atoms with E-state index in [1.165, 1.54) is 0 Å². The van der Waals surface area contributed by atoms with Gasteiger partial charge in [0.2, 0.25) is 5.91 Å². The smallest absolute Gasteiger partial charge is 0.220 e. The molecule has 1 atom stereocenters. The molecule has 0 radical (unpaired) electrons. The highest BCUT2D eigenvalue weighted by Crippen LogP contribution is 2.16. The van der Waals surface area contributed by atoms with Gasteiger partial charge in [0.05, 0.1) is 6.61 Å². The fourth-order valence-electron chi connectivity index (χ4n) is 1.94. The molecule has 1 aromatic carbocycles. The zero-order chi connectivity index (χ0) is 15.7. The Balaban J connectivity index is 2.22. The second-order valence-electron chi connectivity index (χ2n) is 5.34. The molecule has 0 aliphatic carbocycles. The maximum absolute atomic E-state index is 11.8. The van der Waals surface area contributed by atoms with E-state index < -0.39 is 0 Å². The molecular formula is C16H24BrNO3. The number of carbonyl (C=O) groups is 1. The fraction of sp³-hybridized carbons (Fsp3) is 0.562. The maximum atomic E-state index is 11.8. The van der Waals surface area contributed by atoms with Gasteiger partial charge in [-0.25, -0.2) is 0 Å². The summed E-state index contributed by atoms with van der Waals surface area (Å²) >= 11 is 3.37. The van der Waals surface area contributed by atoms with Crippen molar-refractivity contribution in [3.05, 3.63) is 28.7 Å². The van der Waals surface area contributed by atoms with E-state index in [0.29, 0.717) is 31.8 Å². The first-order valence-corrected chi connectivity index (χ1v) is 8.11. The van der Waals surface area contributed by atoms with Crippen LogP contribution in [0.25, 0.3) is 0 Å². The Morgan fingerprint density at radius 2 is 2.00 bits per heavy atom. The molecule has 0 saturated heterocycles. The molecule has 1 unspecified atom stereocenters. The van der Waals surface area contributed by atoms with Gasteiger partial charge < -0.3 is 15.2 Å². The van der Waals surface area contributed by atoms with Crippen molar-refractivity contribution >= 4 is 21.8 Å². The average molecular weight is 358 g/mol. The van der Waals surface area contributed by atoms with Crippen LogP contribution in [-0.2, 0) is 4.79 Å². The van der Waals surface area contributed by atoms with Gasteiger partial charge in [0, 0.05) is 23.5 Å². The van der Waals surface area contributed by atoms with Gasteiger partial charge in [-0.2, -0.15) is 0 Å². The van der Waals surface area contributed by atoms with Gasteiger partial charge in [0.15, 0.2) is 0 Å². The topological polar surface area (TPSA) is 58.6 Å². The number of aliphatic hydroxyl groups excluding tert-OH is 1. The van der Waals surface area contributed by atoms with Crippen molar-refractivity contribution in [1.29, 1.82) is 0 Å². The number of hydrogen-bond acceptors (Lipinski definition) is 3. The summed E-state index contributed by atoms with van der Waals surface area (Å²) in [6.45, 7) is 4.69. The Hall–Kier alpha value is -1.07. The molecule has 0 aliphatic rings. The molecule has 1 amide bonds. The van der Waals surface area contributed by atoms with E-state index in [4.69, 9.17) is 9.84 Å². The largest absolute Gasteiger partial charge is 0.494 e. The lowest BCUT2D eigenvalue weighted by Crippen LogP contribution is -2.39. The van der Waals surface area contributed by atoms with Crippen molar-refractivity contribution < 1.29 is 14.6 Å². The van der Waals surface area contributed by atoms with Crippen molar-refractivity contribution in [1.82, 2.24) is 5.32 Å². The first kappa shape index (κ1) is 18.0. The summed E-state index contributed by atoms with van der Waals surface area (Å²) in [5.74, 6) is 1.14. The Morgan fingerprint density at radius 3 is 2.57 bits per heavy atom. The van der Waals surface area contributed by atoms with E-state index in [2.05, 4.69) is 21.2 Å². The van der Waals surface area contributed by atoms with Crippen LogP contribution in [0.15, 0.2) is 28.7 Å². The Labute approximate surface area is 135 Å². The van der Waals surface area contributed by atoms with E-state index >= 15 is 0 Å². The monoisotopic (exact) mass is 357 g/mol. The quantitative estimate of drug-likeness (QED) is 0.667. The minimum Gasteiger partial charge on any atom is -0.494 e. The highest BCUT2D eigenvalue weighted by Gasteiger charge is 2.15. The normalized spacial score (nSPS) is 12.2. The molecule has 21 heavy (non-hydrogen) atoms. The van der Waals surface area contributed by atoms with Gasteiger partial charge in [-0.1, -0.05) is 29.8 Å². The third-order valence-electron chi connectivity index (χ3n) is 3.22. The standard InChI is InChI=1S/C16H24BrNO3/c1-12(2)15(9-10-19)18-16(20)4-3-11-21-14-7-5-13(17)6-8-14/h5-8,12,15,19H,3-4,9-11H2,1-2H3,(H,18,20).